The molecule has 0 radical (unpaired) electrons. The molecule has 0 saturated carbocycles. The van der Waals surface area contributed by atoms with Crippen molar-refractivity contribution in [2.45, 2.75) is 78.6 Å². The van der Waals surface area contributed by atoms with Crippen LogP contribution in [0.3, 0.4) is 0 Å². The van der Waals surface area contributed by atoms with E-state index in [9.17, 15) is 5.48 Å². The highest BCUT2D eigenvalue weighted by atomic mass is 28.3. The minimum atomic E-state index is -1.81. The third-order valence-electron chi connectivity index (χ3n) is 16.4. The number of hydrogen-bond donors (Lipinski definition) is 0. The van der Waals surface area contributed by atoms with Crippen molar-refractivity contribution < 1.29 is 22.5 Å². The van der Waals surface area contributed by atoms with Crippen LogP contribution in [0.4, 0.5) is 42.9 Å². The normalized spacial score (nSPS) is 14.1. The molecule has 0 aliphatic rings. The van der Waals surface area contributed by atoms with Crippen molar-refractivity contribution >= 4 is 119 Å². The van der Waals surface area contributed by atoms with Gasteiger partial charge in [-0.25, -0.2) is 8.78 Å². The van der Waals surface area contributed by atoms with E-state index in [1.165, 1.54) is 30.5 Å². The molecule has 0 heterocycles. The van der Waals surface area contributed by atoms with E-state index < -0.39 is 104 Å². The maximum absolute atomic E-state index is 18.8. The topological polar surface area (TPSA) is 6.48 Å². The molecule has 0 saturated heterocycles. The van der Waals surface area contributed by atoms with E-state index in [0.29, 0.717) is 54.6 Å². The van der Waals surface area contributed by atoms with E-state index in [0.717, 1.165) is 11.1 Å². The summed E-state index contributed by atoms with van der Waals surface area (Å²) >= 11 is 0. The molecule has 0 atom stereocenters. The number of rotatable bonds is 14. The molecule has 0 unspecified atom stereocenters. The van der Waals surface area contributed by atoms with Gasteiger partial charge in [-0.2, -0.15) is 0 Å². The van der Waals surface area contributed by atoms with Gasteiger partial charge in [-0.1, -0.05) is 269 Å². The van der Waals surface area contributed by atoms with E-state index in [1.54, 1.807) is 24.3 Å². The lowest BCUT2D eigenvalue weighted by Crippen LogP contribution is -2.37. The summed E-state index contributed by atoms with van der Waals surface area (Å²) in [5.74, 6) is -1.39. The first-order chi connectivity index (χ1) is 44.1. The highest BCUT2D eigenvalue weighted by Crippen LogP contribution is 2.50. The molecule has 8 heteroatoms. The molecule has 0 spiro atoms. The van der Waals surface area contributed by atoms with Gasteiger partial charge in [-0.3, -0.25) is 0 Å². The molecule has 12 aromatic carbocycles. The van der Waals surface area contributed by atoms with Crippen LogP contribution in [0.15, 0.2) is 230 Å². The molecule has 12 aromatic rings. The molecule has 0 N–H and O–H groups in total. The quantitative estimate of drug-likeness (QED) is 0.0791. The van der Waals surface area contributed by atoms with Crippen LogP contribution in [0.2, 0.25) is 78.6 Å². The van der Waals surface area contributed by atoms with Crippen LogP contribution in [-0.4, -0.2) is 32.3 Å². The Hall–Kier alpha value is -7.99. The summed E-state index contributed by atoms with van der Waals surface area (Å²) < 4.78 is 130. The summed E-state index contributed by atoms with van der Waals surface area (Å²) in [6, 6.07) is 48.3. The lowest BCUT2D eigenvalue weighted by Gasteiger charge is -2.30. The maximum atomic E-state index is 18.8. The summed E-state index contributed by atoms with van der Waals surface area (Å²) in [4.78, 5) is 2.91. The summed E-state index contributed by atoms with van der Waals surface area (Å²) in [6.07, 6.45) is 0. The molecule has 84 heavy (non-hydrogen) atoms. The van der Waals surface area contributed by atoms with Crippen molar-refractivity contribution in [3.8, 4) is 44.5 Å². The third kappa shape index (κ3) is 10.7. The highest BCUT2D eigenvalue weighted by molar-refractivity contribution is 6.90. The fourth-order valence-corrected chi connectivity index (χ4v) is 16.2. The SMILES string of the molecule is [2H]c1c([2H])c([2H])c(N(c2cc(-c3ccc([Si](C)(C)C)cc3)cc(-c3ccc([Si](C)(C)C)cc3)c2F)c2ccc3ccc4c(N(c5cc(-c6ccc([Si](C)(C)C)cc6)cc(-c6ccc([Si](C)(C)C)cc6)c5F)c5c([2H])c([2H])c([2H])c([2H])c5[2H])ccc5ccc2c3c54)c([2H])c1[2H]. The largest absolute Gasteiger partial charge is 0.307 e. The number of halogens is 2. The van der Waals surface area contributed by atoms with E-state index in [2.05, 4.69) is 103 Å². The van der Waals surface area contributed by atoms with Crippen molar-refractivity contribution in [1.29, 1.82) is 0 Å². The van der Waals surface area contributed by atoms with Gasteiger partial charge in [0.25, 0.3) is 0 Å². The minimum absolute atomic E-state index is 0.0749. The number of benzene rings is 12. The summed E-state index contributed by atoms with van der Waals surface area (Å²) in [5.41, 5.74) is 4.31. The lowest BCUT2D eigenvalue weighted by atomic mass is 9.91. The van der Waals surface area contributed by atoms with Gasteiger partial charge in [0.1, 0.15) is 0 Å². The second kappa shape index (κ2) is 21.6. The summed E-state index contributed by atoms with van der Waals surface area (Å²) in [5, 5.41) is 8.47. The van der Waals surface area contributed by atoms with E-state index in [4.69, 9.17) is 8.22 Å². The third-order valence-corrected chi connectivity index (χ3v) is 24.7. The van der Waals surface area contributed by atoms with Crippen LogP contribution in [0.25, 0.3) is 76.8 Å². The fourth-order valence-electron chi connectivity index (χ4n) is 11.5. The summed E-state index contributed by atoms with van der Waals surface area (Å²) in [7, 11) is -7.14. The second-order valence-electron chi connectivity index (χ2n) is 26.2. The van der Waals surface area contributed by atoms with Crippen molar-refractivity contribution in [3.63, 3.8) is 0 Å². The average molecular weight is 1180 g/mol. The van der Waals surface area contributed by atoms with Gasteiger partial charge < -0.3 is 9.80 Å². The van der Waals surface area contributed by atoms with Crippen molar-refractivity contribution in [1.82, 2.24) is 0 Å². The Morgan fingerprint density at radius 2 is 0.583 bits per heavy atom. The smallest absolute Gasteiger partial charge is 0.155 e. The Kier molecular flexibility index (Phi) is 11.7. The molecule has 0 aliphatic carbocycles. The van der Waals surface area contributed by atoms with Crippen LogP contribution in [0.1, 0.15) is 13.7 Å². The molecule has 0 aliphatic heterocycles. The van der Waals surface area contributed by atoms with Crippen LogP contribution < -0.4 is 30.5 Å². The molecule has 0 fully saturated rings. The van der Waals surface area contributed by atoms with E-state index in [-0.39, 0.29) is 45.3 Å². The van der Waals surface area contributed by atoms with Crippen LogP contribution >= 0.6 is 0 Å². The van der Waals surface area contributed by atoms with Crippen LogP contribution in [-0.2, 0) is 0 Å². The van der Waals surface area contributed by atoms with Crippen LogP contribution in [0, 0.1) is 11.6 Å². The van der Waals surface area contributed by atoms with Crippen molar-refractivity contribution in [2.24, 2.45) is 0 Å². The van der Waals surface area contributed by atoms with Gasteiger partial charge in [-0.05, 0) is 115 Å². The van der Waals surface area contributed by atoms with Crippen LogP contribution in [0.5, 0.6) is 0 Å². The predicted molar refractivity (Wildman–Crippen MR) is 373 cm³/mol. The first-order valence-electron chi connectivity index (χ1n) is 33.7. The zero-order chi connectivity index (χ0) is 67.7. The molecule has 0 bridgehead atoms. The second-order valence-corrected chi connectivity index (χ2v) is 46.5. The first-order valence-corrected chi connectivity index (χ1v) is 42.7. The van der Waals surface area contributed by atoms with E-state index >= 15 is 8.78 Å². The molecule has 2 nitrogen and oxygen atoms in total. The minimum Gasteiger partial charge on any atom is -0.307 e. The molecule has 12 rings (SSSR count). The molecule has 0 amide bonds. The van der Waals surface area contributed by atoms with Gasteiger partial charge in [0.05, 0.1) is 68.8 Å². The Morgan fingerprint density at radius 3 is 0.881 bits per heavy atom. The standard InChI is InChI=1S/C76H74F2N2Si4/c1-81(2,3)61-35-23-51(24-36-61)57-47-67(53-27-39-63(40-28-53)83(7,8)9)75(77)71(49-57)79(59-19-15-13-16-20-59)69-45-33-55-32-44-66-70(46-34-56-31-43-65(69)73(55)74(56)66)80(60-21-17-14-18-22-60)72-50-58(52-25-37-62(38-26-52)82(4,5)6)48-68(76(72)78)54-29-41-64(42-30-54)84(10,11)12/h13-50H,1-12H3/i13D,14D,15D,16D,17D,18D,19D,20D,21D,22D. The van der Waals surface area contributed by atoms with Gasteiger partial charge in [0, 0.05) is 33.3 Å². The number of para-hydroxylation sites is 2. The Labute approximate surface area is 514 Å². The molecule has 0 aromatic heterocycles. The van der Waals surface area contributed by atoms with Gasteiger partial charge in [-0.15, -0.1) is 0 Å². The van der Waals surface area contributed by atoms with Gasteiger partial charge in [0.15, 0.2) is 11.6 Å². The zero-order valence-corrected chi connectivity index (χ0v) is 53.8. The fraction of sp³-hybridized carbons (Fsp3) is 0.158. The summed E-state index contributed by atoms with van der Waals surface area (Å²) in [6.45, 7) is 27.1. The Balaban J connectivity index is 1.17. The average Bonchev–Trinajstić information content (AvgIpc) is 0.715. The predicted octanol–water partition coefficient (Wildman–Crippen LogP) is 20.7. The van der Waals surface area contributed by atoms with Crippen molar-refractivity contribution in [2.75, 3.05) is 9.80 Å². The Morgan fingerprint density at radius 1 is 0.298 bits per heavy atom. The molecular formula is C76H74F2N2Si4. The highest BCUT2D eigenvalue weighted by Gasteiger charge is 2.29. The van der Waals surface area contributed by atoms with E-state index in [1.807, 2.05) is 121 Å². The lowest BCUT2D eigenvalue weighted by molar-refractivity contribution is 0.632. The van der Waals surface area contributed by atoms with Crippen molar-refractivity contribution in [3.05, 3.63) is 242 Å². The number of nitrogens with zero attached hydrogens (tertiary/aromatic N) is 2. The molecular weight excluding hydrogens is 1090 g/mol. The van der Waals surface area contributed by atoms with Gasteiger partial charge >= 0.3 is 0 Å². The molecule has 418 valence electrons. The van der Waals surface area contributed by atoms with Gasteiger partial charge in [0.2, 0.25) is 0 Å². The first kappa shape index (κ1) is 45.4. The Bertz CT molecular complexity index is 4650. The number of anilines is 6. The zero-order valence-electron chi connectivity index (χ0n) is 59.8. The monoisotopic (exact) mass is 1170 g/mol. The number of hydrogen-bond acceptors (Lipinski definition) is 2. The maximum Gasteiger partial charge on any atom is 0.155 e.